The summed E-state index contributed by atoms with van der Waals surface area (Å²) in [5, 5.41) is 0. The topological polar surface area (TPSA) is 36.1 Å². The average Bonchev–Trinajstić information content (AvgIpc) is 2.99. The molecule has 0 saturated carbocycles. The summed E-state index contributed by atoms with van der Waals surface area (Å²) in [6, 6.07) is 13.4. The summed E-state index contributed by atoms with van der Waals surface area (Å²) >= 11 is 0. The number of hydrogen-bond donors (Lipinski definition) is 1. The maximum atomic E-state index is 11.5. The third-order valence-electron chi connectivity index (χ3n) is 5.35. The number of nitrogens with one attached hydrogen (secondary N) is 1. The van der Waals surface area contributed by atoms with Gasteiger partial charge >= 0.3 is 0 Å². The van der Waals surface area contributed by atoms with Crippen LogP contribution in [0.2, 0.25) is 0 Å². The molecule has 1 fully saturated rings. The van der Waals surface area contributed by atoms with E-state index in [9.17, 15) is 4.79 Å². The Labute approximate surface area is 131 Å². The van der Waals surface area contributed by atoms with E-state index in [2.05, 4.69) is 40.2 Å². The van der Waals surface area contributed by atoms with Crippen LogP contribution in [0.1, 0.15) is 35.4 Å². The Morgan fingerprint density at radius 3 is 2.32 bits per heavy atom. The molecule has 0 unspecified atom stereocenters. The van der Waals surface area contributed by atoms with Crippen LogP contribution in [0.4, 0.5) is 0 Å². The Morgan fingerprint density at radius 1 is 1.00 bits per heavy atom. The molecule has 22 heavy (non-hydrogen) atoms. The SMILES string of the molecule is O=c1cc(C2CCN(C3Cc4ccccc4C3)CC2)cc[nH]1. The summed E-state index contributed by atoms with van der Waals surface area (Å²) in [6.07, 6.45) is 6.50. The first-order valence-corrected chi connectivity index (χ1v) is 8.29. The number of nitrogens with zero attached hydrogens (tertiary/aromatic N) is 1. The first-order valence-electron chi connectivity index (χ1n) is 8.29. The van der Waals surface area contributed by atoms with Crippen molar-refractivity contribution in [3.8, 4) is 0 Å². The van der Waals surface area contributed by atoms with Crippen molar-refractivity contribution in [1.82, 2.24) is 9.88 Å². The van der Waals surface area contributed by atoms with Gasteiger partial charge in [-0.1, -0.05) is 24.3 Å². The predicted molar refractivity (Wildman–Crippen MR) is 88.2 cm³/mol. The molecular formula is C19H22N2O. The van der Waals surface area contributed by atoms with Gasteiger partial charge in [-0.25, -0.2) is 0 Å². The lowest BCUT2D eigenvalue weighted by Crippen LogP contribution is -2.41. The van der Waals surface area contributed by atoms with Crippen molar-refractivity contribution in [1.29, 1.82) is 0 Å². The number of hydrogen-bond acceptors (Lipinski definition) is 2. The van der Waals surface area contributed by atoms with Gasteiger partial charge in [0.2, 0.25) is 5.56 Å². The second-order valence-corrected chi connectivity index (χ2v) is 6.63. The molecule has 2 aromatic rings. The van der Waals surface area contributed by atoms with Crippen LogP contribution in [0.3, 0.4) is 0 Å². The molecule has 1 saturated heterocycles. The lowest BCUT2D eigenvalue weighted by Gasteiger charge is -2.36. The number of aromatic nitrogens is 1. The molecule has 4 rings (SSSR count). The predicted octanol–water partition coefficient (Wildman–Crippen LogP) is 2.72. The van der Waals surface area contributed by atoms with E-state index in [1.54, 1.807) is 12.3 Å². The number of H-pyrrole nitrogens is 1. The van der Waals surface area contributed by atoms with Gasteiger partial charge in [0, 0.05) is 18.3 Å². The number of aromatic amines is 1. The highest BCUT2D eigenvalue weighted by atomic mass is 16.1. The summed E-state index contributed by atoms with van der Waals surface area (Å²) < 4.78 is 0. The van der Waals surface area contributed by atoms with Crippen molar-refractivity contribution in [2.45, 2.75) is 37.6 Å². The fraction of sp³-hybridized carbons (Fsp3) is 0.421. The molecule has 1 N–H and O–H groups in total. The molecule has 0 atom stereocenters. The standard InChI is InChI=1S/C19H22N2O/c22-19-13-17(5-8-20-19)14-6-9-21(10-7-14)18-11-15-3-1-2-4-16(15)12-18/h1-5,8,13-14,18H,6-7,9-12H2,(H,20,22). The first kappa shape index (κ1) is 13.8. The summed E-state index contributed by atoms with van der Waals surface area (Å²) in [5.41, 5.74) is 4.29. The van der Waals surface area contributed by atoms with Crippen LogP contribution in [0.25, 0.3) is 0 Å². The third-order valence-corrected chi connectivity index (χ3v) is 5.35. The van der Waals surface area contributed by atoms with Crippen LogP contribution in [-0.4, -0.2) is 29.0 Å². The van der Waals surface area contributed by atoms with Crippen molar-refractivity contribution in [2.75, 3.05) is 13.1 Å². The third kappa shape index (κ3) is 2.61. The zero-order chi connectivity index (χ0) is 14.9. The van der Waals surface area contributed by atoms with Gasteiger partial charge in [0.05, 0.1) is 0 Å². The average molecular weight is 294 g/mol. The fourth-order valence-corrected chi connectivity index (χ4v) is 4.11. The largest absolute Gasteiger partial charge is 0.329 e. The number of benzene rings is 1. The molecule has 1 aliphatic heterocycles. The summed E-state index contributed by atoms with van der Waals surface area (Å²) in [7, 11) is 0. The molecular weight excluding hydrogens is 272 g/mol. The fourth-order valence-electron chi connectivity index (χ4n) is 4.11. The van der Waals surface area contributed by atoms with Crippen LogP contribution in [0, 0.1) is 0 Å². The van der Waals surface area contributed by atoms with E-state index >= 15 is 0 Å². The van der Waals surface area contributed by atoms with Gasteiger partial charge < -0.3 is 4.98 Å². The molecule has 3 heteroatoms. The first-order chi connectivity index (χ1) is 10.8. The van der Waals surface area contributed by atoms with E-state index in [0.29, 0.717) is 12.0 Å². The Bertz CT molecular complexity index is 688. The van der Waals surface area contributed by atoms with E-state index in [1.165, 1.54) is 29.5 Å². The van der Waals surface area contributed by atoms with E-state index < -0.39 is 0 Å². The summed E-state index contributed by atoms with van der Waals surface area (Å²) in [4.78, 5) is 16.8. The van der Waals surface area contributed by atoms with E-state index in [-0.39, 0.29) is 5.56 Å². The highest BCUT2D eigenvalue weighted by Gasteiger charge is 2.30. The smallest absolute Gasteiger partial charge is 0.248 e. The molecule has 1 aromatic carbocycles. The van der Waals surface area contributed by atoms with Crippen molar-refractivity contribution in [2.24, 2.45) is 0 Å². The molecule has 1 aliphatic carbocycles. The van der Waals surface area contributed by atoms with Crippen molar-refractivity contribution in [3.05, 3.63) is 69.6 Å². The highest BCUT2D eigenvalue weighted by Crippen LogP contribution is 2.32. The van der Waals surface area contributed by atoms with Crippen molar-refractivity contribution < 1.29 is 0 Å². The molecule has 0 spiro atoms. The maximum absolute atomic E-state index is 11.5. The molecule has 0 radical (unpaired) electrons. The van der Waals surface area contributed by atoms with Gasteiger partial charge in [-0.3, -0.25) is 9.69 Å². The van der Waals surface area contributed by atoms with Gasteiger partial charge in [-0.05, 0) is 67.4 Å². The minimum atomic E-state index is 0.0196. The van der Waals surface area contributed by atoms with Crippen molar-refractivity contribution in [3.63, 3.8) is 0 Å². The van der Waals surface area contributed by atoms with Crippen LogP contribution in [-0.2, 0) is 12.8 Å². The Balaban J connectivity index is 1.40. The van der Waals surface area contributed by atoms with Gasteiger partial charge in [0.15, 0.2) is 0 Å². The molecule has 0 amide bonds. The monoisotopic (exact) mass is 294 g/mol. The Kier molecular flexibility index (Phi) is 3.59. The molecule has 3 nitrogen and oxygen atoms in total. The number of likely N-dealkylation sites (tertiary alicyclic amines) is 1. The lowest BCUT2D eigenvalue weighted by atomic mass is 9.89. The minimum Gasteiger partial charge on any atom is -0.329 e. The molecule has 0 bridgehead atoms. The van der Waals surface area contributed by atoms with E-state index in [4.69, 9.17) is 0 Å². The van der Waals surface area contributed by atoms with Gasteiger partial charge in [-0.2, -0.15) is 0 Å². The van der Waals surface area contributed by atoms with Gasteiger partial charge in [-0.15, -0.1) is 0 Å². The number of fused-ring (bicyclic) bond motifs is 1. The van der Waals surface area contributed by atoms with Crippen LogP contribution in [0.15, 0.2) is 47.4 Å². The zero-order valence-corrected chi connectivity index (χ0v) is 12.8. The van der Waals surface area contributed by atoms with Crippen molar-refractivity contribution >= 4 is 0 Å². The number of rotatable bonds is 2. The van der Waals surface area contributed by atoms with Crippen LogP contribution in [0.5, 0.6) is 0 Å². The van der Waals surface area contributed by atoms with Gasteiger partial charge in [0.1, 0.15) is 0 Å². The summed E-state index contributed by atoms with van der Waals surface area (Å²) in [5.74, 6) is 0.544. The minimum absolute atomic E-state index is 0.0196. The molecule has 2 aliphatic rings. The lowest BCUT2D eigenvalue weighted by molar-refractivity contribution is 0.156. The molecule has 2 heterocycles. The normalized spacial score (nSPS) is 20.2. The quantitative estimate of drug-likeness (QED) is 0.924. The number of pyridine rings is 1. The van der Waals surface area contributed by atoms with E-state index in [0.717, 1.165) is 25.9 Å². The van der Waals surface area contributed by atoms with E-state index in [1.807, 2.05) is 0 Å². The molecule has 1 aromatic heterocycles. The van der Waals surface area contributed by atoms with Gasteiger partial charge in [0.25, 0.3) is 0 Å². The maximum Gasteiger partial charge on any atom is 0.248 e. The number of piperidine rings is 1. The van der Waals surface area contributed by atoms with Crippen LogP contribution >= 0.6 is 0 Å². The highest BCUT2D eigenvalue weighted by molar-refractivity contribution is 5.33. The second-order valence-electron chi connectivity index (χ2n) is 6.63. The molecule has 114 valence electrons. The second kappa shape index (κ2) is 5.73. The Hall–Kier alpha value is -1.87. The summed E-state index contributed by atoms with van der Waals surface area (Å²) in [6.45, 7) is 2.30. The van der Waals surface area contributed by atoms with Crippen LogP contribution < -0.4 is 5.56 Å². The zero-order valence-electron chi connectivity index (χ0n) is 12.8. The Morgan fingerprint density at radius 2 is 1.68 bits per heavy atom.